The summed E-state index contributed by atoms with van der Waals surface area (Å²) in [5, 5.41) is 19.4. The summed E-state index contributed by atoms with van der Waals surface area (Å²) in [6.45, 7) is 8.94. The van der Waals surface area contributed by atoms with Crippen molar-refractivity contribution >= 4 is 11.9 Å². The number of quaternary nitrogens is 2. The third-order valence-corrected chi connectivity index (χ3v) is 0.646. The molecule has 0 atom stereocenters. The van der Waals surface area contributed by atoms with Gasteiger partial charge < -0.3 is 31.3 Å². The smallest absolute Gasteiger partial charge is 0.0711 e. The maximum Gasteiger partial charge on any atom is 0.0711 e. The molecular formula is C9H20N2O4. The molecule has 0 aromatic heterocycles. The number of carbonyl (C=O) groups excluding carboxylic acids is 2. The van der Waals surface area contributed by atoms with Gasteiger partial charge in [0.05, 0.1) is 19.1 Å². The van der Waals surface area contributed by atoms with E-state index in [1.54, 1.807) is 0 Å². The SMILES string of the molecule is C=C(CC(=O)[O-])C(=O)[O-].CC[NH3+].CC[NH3+]. The third kappa shape index (κ3) is 32.5. The van der Waals surface area contributed by atoms with Gasteiger partial charge in [0.1, 0.15) is 0 Å². The van der Waals surface area contributed by atoms with Crippen LogP contribution in [0.1, 0.15) is 20.3 Å². The Bertz CT molecular complexity index is 191. The van der Waals surface area contributed by atoms with E-state index in [2.05, 4.69) is 18.0 Å². The zero-order valence-electron chi connectivity index (χ0n) is 9.38. The molecule has 0 rings (SSSR count). The number of rotatable bonds is 3. The summed E-state index contributed by atoms with van der Waals surface area (Å²) in [6.07, 6.45) is -0.678. The first-order valence-corrected chi connectivity index (χ1v) is 4.54. The minimum absolute atomic E-state index is 0.477. The van der Waals surface area contributed by atoms with Crippen LogP contribution >= 0.6 is 0 Å². The van der Waals surface area contributed by atoms with Crippen molar-refractivity contribution in [2.24, 2.45) is 0 Å². The number of hydrogen-bond acceptors (Lipinski definition) is 4. The van der Waals surface area contributed by atoms with Crippen molar-refractivity contribution in [2.75, 3.05) is 13.1 Å². The predicted molar refractivity (Wildman–Crippen MR) is 50.6 cm³/mol. The second-order valence-corrected chi connectivity index (χ2v) is 2.44. The van der Waals surface area contributed by atoms with E-state index in [0.717, 1.165) is 13.1 Å². The van der Waals surface area contributed by atoms with Gasteiger partial charge in [-0.1, -0.05) is 6.58 Å². The van der Waals surface area contributed by atoms with Crippen LogP contribution in [0.2, 0.25) is 0 Å². The summed E-state index contributed by atoms with van der Waals surface area (Å²) in [4.78, 5) is 19.4. The summed E-state index contributed by atoms with van der Waals surface area (Å²) in [6, 6.07) is 0. The molecule has 0 fully saturated rings. The van der Waals surface area contributed by atoms with Crippen LogP contribution in [0.4, 0.5) is 0 Å². The minimum Gasteiger partial charge on any atom is -0.550 e. The molecule has 0 bridgehead atoms. The summed E-state index contributed by atoms with van der Waals surface area (Å²) in [5.41, 5.74) is 6.50. The van der Waals surface area contributed by atoms with E-state index in [4.69, 9.17) is 0 Å². The summed E-state index contributed by atoms with van der Waals surface area (Å²) in [7, 11) is 0. The van der Waals surface area contributed by atoms with Gasteiger partial charge in [-0.15, -0.1) is 0 Å². The predicted octanol–water partition coefficient (Wildman–Crippen LogP) is -4.07. The van der Waals surface area contributed by atoms with Crippen LogP contribution < -0.4 is 21.7 Å². The van der Waals surface area contributed by atoms with Gasteiger partial charge in [-0.05, 0) is 19.4 Å². The van der Waals surface area contributed by atoms with E-state index in [0.29, 0.717) is 0 Å². The standard InChI is InChI=1S/C5H6O4.2C2H7N/c1-3(5(8)9)2-4(6)7;2*1-2-3/h1-2H2,(H,6,7)(H,8,9);2*2-3H2,1H3. The van der Waals surface area contributed by atoms with E-state index >= 15 is 0 Å². The van der Waals surface area contributed by atoms with Crippen molar-refractivity contribution in [1.82, 2.24) is 0 Å². The van der Waals surface area contributed by atoms with Crippen molar-refractivity contribution < 1.29 is 31.3 Å². The molecule has 0 saturated carbocycles. The maximum absolute atomic E-state index is 9.73. The molecule has 6 N–H and O–H groups in total. The molecule has 0 unspecified atom stereocenters. The number of carboxylic acids is 2. The summed E-state index contributed by atoms with van der Waals surface area (Å²) in [5.74, 6) is -3.02. The lowest BCUT2D eigenvalue weighted by molar-refractivity contribution is -0.362. The number of aliphatic carboxylic acids is 2. The lowest BCUT2D eigenvalue weighted by Gasteiger charge is -2.05. The molecule has 0 aromatic carbocycles. The van der Waals surface area contributed by atoms with E-state index in [1.165, 1.54) is 0 Å². The van der Waals surface area contributed by atoms with E-state index in [1.807, 2.05) is 13.8 Å². The fraction of sp³-hybridized carbons (Fsp3) is 0.556. The summed E-state index contributed by atoms with van der Waals surface area (Å²) >= 11 is 0. The largest absolute Gasteiger partial charge is 0.550 e. The molecule has 0 spiro atoms. The van der Waals surface area contributed by atoms with Crippen LogP contribution in [0.3, 0.4) is 0 Å². The maximum atomic E-state index is 9.73. The molecule has 0 amide bonds. The van der Waals surface area contributed by atoms with Crippen LogP contribution in [0.5, 0.6) is 0 Å². The van der Waals surface area contributed by atoms with Gasteiger partial charge in [0.15, 0.2) is 0 Å². The van der Waals surface area contributed by atoms with Gasteiger partial charge in [-0.3, -0.25) is 0 Å². The Balaban J connectivity index is -0.000000200. The van der Waals surface area contributed by atoms with E-state index in [9.17, 15) is 19.8 Å². The van der Waals surface area contributed by atoms with Crippen LogP contribution in [0.25, 0.3) is 0 Å². The zero-order valence-corrected chi connectivity index (χ0v) is 9.38. The monoisotopic (exact) mass is 220 g/mol. The highest BCUT2D eigenvalue weighted by molar-refractivity contribution is 5.89. The quantitative estimate of drug-likeness (QED) is 0.467. The van der Waals surface area contributed by atoms with Gasteiger partial charge in [-0.2, -0.15) is 0 Å². The molecule has 0 heterocycles. The fourth-order valence-corrected chi connectivity index (χ4v) is 0.246. The Morgan fingerprint density at radius 2 is 1.40 bits per heavy atom. The Morgan fingerprint density at radius 3 is 1.47 bits per heavy atom. The third-order valence-electron chi connectivity index (χ3n) is 0.646. The molecule has 6 heteroatoms. The topological polar surface area (TPSA) is 136 Å². The Hall–Kier alpha value is -1.40. The zero-order chi connectivity index (χ0) is 12.9. The Labute approximate surface area is 89.6 Å². The highest BCUT2D eigenvalue weighted by Gasteiger charge is 1.92. The number of hydrogen-bond donors (Lipinski definition) is 2. The van der Waals surface area contributed by atoms with Crippen molar-refractivity contribution in [1.29, 1.82) is 0 Å². The first kappa shape index (κ1) is 19.2. The first-order valence-electron chi connectivity index (χ1n) is 4.54. The summed E-state index contributed by atoms with van der Waals surface area (Å²) < 4.78 is 0. The van der Waals surface area contributed by atoms with Crippen LogP contribution in [-0.4, -0.2) is 25.0 Å². The number of carbonyl (C=O) groups is 2. The van der Waals surface area contributed by atoms with E-state index < -0.39 is 23.9 Å². The van der Waals surface area contributed by atoms with Crippen LogP contribution in [0, 0.1) is 0 Å². The molecule has 0 aromatic rings. The average Bonchev–Trinajstić information content (AvgIpc) is 2.05. The van der Waals surface area contributed by atoms with Crippen molar-refractivity contribution in [3.05, 3.63) is 12.2 Å². The molecule has 6 nitrogen and oxygen atoms in total. The van der Waals surface area contributed by atoms with E-state index in [-0.39, 0.29) is 0 Å². The van der Waals surface area contributed by atoms with Crippen molar-refractivity contribution in [3.63, 3.8) is 0 Å². The molecule has 90 valence electrons. The molecule has 0 aliphatic heterocycles. The first-order chi connectivity index (χ1) is 6.87. The molecule has 0 saturated heterocycles. The molecule has 0 radical (unpaired) electrons. The second-order valence-electron chi connectivity index (χ2n) is 2.44. The second kappa shape index (κ2) is 15.1. The average molecular weight is 220 g/mol. The van der Waals surface area contributed by atoms with Gasteiger partial charge in [-0.25, -0.2) is 0 Å². The van der Waals surface area contributed by atoms with Gasteiger partial charge in [0.2, 0.25) is 0 Å². The highest BCUT2D eigenvalue weighted by atomic mass is 16.4. The van der Waals surface area contributed by atoms with Gasteiger partial charge >= 0.3 is 0 Å². The number of carboxylic acid groups (broad SMARTS) is 2. The highest BCUT2D eigenvalue weighted by Crippen LogP contribution is 1.92. The van der Waals surface area contributed by atoms with Crippen LogP contribution in [-0.2, 0) is 9.59 Å². The molecule has 0 aliphatic carbocycles. The van der Waals surface area contributed by atoms with Crippen molar-refractivity contribution in [2.45, 2.75) is 20.3 Å². The van der Waals surface area contributed by atoms with Gasteiger partial charge in [0, 0.05) is 12.4 Å². The van der Waals surface area contributed by atoms with Crippen molar-refractivity contribution in [3.8, 4) is 0 Å². The lowest BCUT2D eigenvalue weighted by Crippen LogP contribution is -2.48. The molecule has 15 heavy (non-hydrogen) atoms. The minimum atomic E-state index is -1.56. The molecule has 0 aliphatic rings. The van der Waals surface area contributed by atoms with Gasteiger partial charge in [0.25, 0.3) is 0 Å². The fourth-order valence-electron chi connectivity index (χ4n) is 0.246. The Morgan fingerprint density at radius 1 is 1.13 bits per heavy atom. The van der Waals surface area contributed by atoms with Crippen LogP contribution in [0.15, 0.2) is 12.2 Å². The molecular weight excluding hydrogens is 200 g/mol. The Kier molecular flexibility index (Phi) is 19.3. The lowest BCUT2D eigenvalue weighted by atomic mass is 10.2. The normalized spacial score (nSPS) is 7.47.